The van der Waals surface area contributed by atoms with Gasteiger partial charge in [0.25, 0.3) is 0 Å². The van der Waals surface area contributed by atoms with Crippen LogP contribution in [0.5, 0.6) is 0 Å². The van der Waals surface area contributed by atoms with Gasteiger partial charge in [-0.2, -0.15) is 0 Å². The fourth-order valence-corrected chi connectivity index (χ4v) is 3.09. The van der Waals surface area contributed by atoms with Crippen molar-refractivity contribution < 1.29 is 9.90 Å². The molecule has 4 heteroatoms. The van der Waals surface area contributed by atoms with Gasteiger partial charge in [0.15, 0.2) is 0 Å². The molecule has 1 N–H and O–H groups in total. The van der Waals surface area contributed by atoms with Crippen LogP contribution in [0.15, 0.2) is 24.3 Å². The van der Waals surface area contributed by atoms with Crippen LogP contribution in [-0.4, -0.2) is 29.1 Å². The Morgan fingerprint density at radius 1 is 1.47 bits per heavy atom. The molecule has 0 spiro atoms. The highest BCUT2D eigenvalue weighted by Gasteiger charge is 2.26. The largest absolute Gasteiger partial charge is 0.481 e. The highest BCUT2D eigenvalue weighted by Crippen LogP contribution is 2.29. The van der Waals surface area contributed by atoms with Crippen LogP contribution >= 0.6 is 22.6 Å². The summed E-state index contributed by atoms with van der Waals surface area (Å²) in [4.78, 5) is 13.1. The maximum Gasteiger partial charge on any atom is 0.303 e. The van der Waals surface area contributed by atoms with Crippen LogP contribution in [0, 0.1) is 9.49 Å². The van der Waals surface area contributed by atoms with E-state index in [1.165, 1.54) is 9.13 Å². The van der Waals surface area contributed by atoms with E-state index in [2.05, 4.69) is 58.7 Å². The molecule has 19 heavy (non-hydrogen) atoms. The van der Waals surface area contributed by atoms with E-state index >= 15 is 0 Å². The minimum Gasteiger partial charge on any atom is -0.481 e. The number of hydrogen-bond acceptors (Lipinski definition) is 2. The molecule has 1 aromatic carbocycles. The average molecular weight is 373 g/mol. The van der Waals surface area contributed by atoms with Gasteiger partial charge >= 0.3 is 5.97 Å². The average Bonchev–Trinajstić information content (AvgIpc) is 2.85. The molecule has 0 radical (unpaired) electrons. The van der Waals surface area contributed by atoms with Gasteiger partial charge in [0.1, 0.15) is 0 Å². The Morgan fingerprint density at radius 3 is 2.79 bits per heavy atom. The van der Waals surface area contributed by atoms with Crippen molar-refractivity contribution in [2.45, 2.75) is 32.2 Å². The fourth-order valence-electron chi connectivity index (χ4n) is 2.73. The maximum absolute atomic E-state index is 10.6. The van der Waals surface area contributed by atoms with Crippen molar-refractivity contribution >= 4 is 28.6 Å². The number of carbonyl (C=O) groups is 1. The summed E-state index contributed by atoms with van der Waals surface area (Å²) in [6.45, 7) is 4.35. The number of hydrogen-bond donors (Lipinski definition) is 1. The quantitative estimate of drug-likeness (QED) is 0.803. The van der Waals surface area contributed by atoms with Gasteiger partial charge in [0, 0.05) is 22.6 Å². The SMILES string of the molecule is CC(c1ccc(I)cc1)N1CCC(CCC(=O)O)C1. The summed E-state index contributed by atoms with van der Waals surface area (Å²) in [5.41, 5.74) is 1.35. The molecular weight excluding hydrogens is 353 g/mol. The number of rotatable bonds is 5. The molecule has 0 aliphatic carbocycles. The standard InChI is InChI=1S/C15H20INO2/c1-11(13-3-5-14(16)6-4-13)17-9-8-12(10-17)2-7-15(18)19/h3-6,11-12H,2,7-10H2,1H3,(H,18,19). The number of likely N-dealkylation sites (tertiary alicyclic amines) is 1. The number of aliphatic carboxylic acids is 1. The van der Waals surface area contributed by atoms with Gasteiger partial charge in [-0.15, -0.1) is 0 Å². The van der Waals surface area contributed by atoms with Gasteiger partial charge in [-0.25, -0.2) is 0 Å². The molecule has 1 aliphatic rings. The second-order valence-corrected chi connectivity index (χ2v) is 6.56. The third-order valence-corrected chi connectivity index (χ3v) is 4.70. The summed E-state index contributed by atoms with van der Waals surface area (Å²) < 4.78 is 1.26. The van der Waals surface area contributed by atoms with Gasteiger partial charge < -0.3 is 5.11 Å². The van der Waals surface area contributed by atoms with Crippen LogP contribution in [0.4, 0.5) is 0 Å². The van der Waals surface area contributed by atoms with Crippen molar-refractivity contribution in [3.05, 3.63) is 33.4 Å². The molecule has 0 saturated carbocycles. The van der Waals surface area contributed by atoms with Gasteiger partial charge in [0.2, 0.25) is 0 Å². The van der Waals surface area contributed by atoms with Crippen molar-refractivity contribution in [2.75, 3.05) is 13.1 Å². The van der Waals surface area contributed by atoms with E-state index in [4.69, 9.17) is 5.11 Å². The lowest BCUT2D eigenvalue weighted by atomic mass is 10.0. The molecule has 0 aromatic heterocycles. The van der Waals surface area contributed by atoms with Crippen molar-refractivity contribution in [1.29, 1.82) is 0 Å². The number of benzene rings is 1. The molecule has 3 nitrogen and oxygen atoms in total. The van der Waals surface area contributed by atoms with Crippen LogP contribution in [0.1, 0.15) is 37.8 Å². The lowest BCUT2D eigenvalue weighted by Crippen LogP contribution is -2.24. The first kappa shape index (κ1) is 14.8. The second-order valence-electron chi connectivity index (χ2n) is 5.31. The van der Waals surface area contributed by atoms with Crippen molar-refractivity contribution in [1.82, 2.24) is 4.90 Å². The van der Waals surface area contributed by atoms with Crippen LogP contribution in [0.3, 0.4) is 0 Å². The van der Waals surface area contributed by atoms with Gasteiger partial charge in [-0.05, 0) is 72.5 Å². The molecule has 1 aromatic rings. The van der Waals surface area contributed by atoms with E-state index in [1.807, 2.05) is 0 Å². The molecule has 1 heterocycles. The van der Waals surface area contributed by atoms with Gasteiger partial charge in [-0.3, -0.25) is 9.69 Å². The van der Waals surface area contributed by atoms with Crippen LogP contribution in [0.2, 0.25) is 0 Å². The Labute approximate surface area is 128 Å². The monoisotopic (exact) mass is 373 g/mol. The zero-order valence-corrected chi connectivity index (χ0v) is 13.3. The predicted molar refractivity (Wildman–Crippen MR) is 84.1 cm³/mol. The summed E-state index contributed by atoms with van der Waals surface area (Å²) in [6.07, 6.45) is 2.24. The molecule has 2 atom stereocenters. The van der Waals surface area contributed by atoms with E-state index in [0.717, 1.165) is 25.9 Å². The topological polar surface area (TPSA) is 40.5 Å². The molecule has 1 aliphatic heterocycles. The lowest BCUT2D eigenvalue weighted by Gasteiger charge is -2.24. The van der Waals surface area contributed by atoms with E-state index in [9.17, 15) is 4.79 Å². The molecule has 104 valence electrons. The van der Waals surface area contributed by atoms with E-state index in [1.54, 1.807) is 0 Å². The summed E-state index contributed by atoms with van der Waals surface area (Å²) in [5, 5.41) is 8.74. The Bertz CT molecular complexity index is 432. The number of carboxylic acid groups (broad SMARTS) is 1. The zero-order valence-electron chi connectivity index (χ0n) is 11.2. The summed E-state index contributed by atoms with van der Waals surface area (Å²) >= 11 is 2.32. The van der Waals surface area contributed by atoms with E-state index in [0.29, 0.717) is 18.4 Å². The lowest BCUT2D eigenvalue weighted by molar-refractivity contribution is -0.137. The van der Waals surface area contributed by atoms with Crippen LogP contribution in [-0.2, 0) is 4.79 Å². The maximum atomic E-state index is 10.6. The van der Waals surface area contributed by atoms with Gasteiger partial charge in [0.05, 0.1) is 0 Å². The molecule has 0 bridgehead atoms. The van der Waals surface area contributed by atoms with Crippen molar-refractivity contribution in [3.8, 4) is 0 Å². The second kappa shape index (κ2) is 6.70. The summed E-state index contributed by atoms with van der Waals surface area (Å²) in [5.74, 6) is -0.133. The third kappa shape index (κ3) is 4.18. The number of carboxylic acids is 1. The summed E-state index contributed by atoms with van der Waals surface area (Å²) in [6, 6.07) is 9.09. The highest BCUT2D eigenvalue weighted by atomic mass is 127. The van der Waals surface area contributed by atoms with Crippen LogP contribution in [0.25, 0.3) is 0 Å². The first-order valence-corrected chi connectivity index (χ1v) is 7.85. The molecule has 2 rings (SSSR count). The van der Waals surface area contributed by atoms with Crippen molar-refractivity contribution in [3.63, 3.8) is 0 Å². The number of halogens is 1. The Hall–Kier alpha value is -0.620. The van der Waals surface area contributed by atoms with Crippen LogP contribution < -0.4 is 0 Å². The molecule has 2 unspecified atom stereocenters. The molecule has 1 saturated heterocycles. The number of nitrogens with zero attached hydrogens (tertiary/aromatic N) is 1. The Balaban J connectivity index is 1.89. The van der Waals surface area contributed by atoms with Gasteiger partial charge in [-0.1, -0.05) is 12.1 Å². The molecular formula is C15H20INO2. The Morgan fingerprint density at radius 2 is 2.16 bits per heavy atom. The molecule has 0 amide bonds. The highest BCUT2D eigenvalue weighted by molar-refractivity contribution is 14.1. The first-order valence-electron chi connectivity index (χ1n) is 6.77. The smallest absolute Gasteiger partial charge is 0.303 e. The normalized spacial score (nSPS) is 21.5. The molecule has 1 fully saturated rings. The fraction of sp³-hybridized carbons (Fsp3) is 0.533. The first-order chi connectivity index (χ1) is 9.06. The third-order valence-electron chi connectivity index (χ3n) is 3.98. The Kier molecular flexibility index (Phi) is 5.21. The zero-order chi connectivity index (χ0) is 13.8. The predicted octanol–water partition coefficient (Wildman–Crippen LogP) is 3.54. The summed E-state index contributed by atoms with van der Waals surface area (Å²) in [7, 11) is 0. The van der Waals surface area contributed by atoms with Crippen molar-refractivity contribution in [2.24, 2.45) is 5.92 Å². The minimum absolute atomic E-state index is 0.302. The van der Waals surface area contributed by atoms with E-state index in [-0.39, 0.29) is 0 Å². The van der Waals surface area contributed by atoms with E-state index < -0.39 is 5.97 Å². The minimum atomic E-state index is -0.677.